The lowest BCUT2D eigenvalue weighted by atomic mass is 9.86. The second-order valence-corrected chi connectivity index (χ2v) is 11.8. The zero-order chi connectivity index (χ0) is 22.8. The molecule has 2 amide bonds. The van der Waals surface area contributed by atoms with Crippen molar-refractivity contribution in [1.82, 2.24) is 14.7 Å². The van der Waals surface area contributed by atoms with Crippen LogP contribution in [0.25, 0.3) is 0 Å². The van der Waals surface area contributed by atoms with E-state index in [1.807, 2.05) is 11.8 Å². The maximum atomic E-state index is 12.9. The molecule has 0 unspecified atom stereocenters. The van der Waals surface area contributed by atoms with E-state index < -0.39 is 0 Å². The van der Waals surface area contributed by atoms with Gasteiger partial charge < -0.3 is 9.80 Å². The van der Waals surface area contributed by atoms with Crippen LogP contribution < -0.4 is 0 Å². The van der Waals surface area contributed by atoms with Crippen LogP contribution in [0, 0.1) is 5.92 Å². The van der Waals surface area contributed by atoms with E-state index in [2.05, 4.69) is 68.7 Å². The maximum Gasteiger partial charge on any atom is 0.236 e. The highest BCUT2D eigenvalue weighted by molar-refractivity contribution is 8.01. The van der Waals surface area contributed by atoms with Crippen molar-refractivity contribution in [2.75, 3.05) is 39.3 Å². The van der Waals surface area contributed by atoms with Gasteiger partial charge in [-0.1, -0.05) is 58.9 Å². The van der Waals surface area contributed by atoms with Gasteiger partial charge >= 0.3 is 0 Å². The fraction of sp³-hybridized carbons (Fsp3) is 0.680. The van der Waals surface area contributed by atoms with Crippen LogP contribution in [0.3, 0.4) is 0 Å². The molecule has 0 spiro atoms. The lowest BCUT2D eigenvalue weighted by Crippen LogP contribution is -2.50. The van der Waals surface area contributed by atoms with E-state index in [1.165, 1.54) is 11.1 Å². The summed E-state index contributed by atoms with van der Waals surface area (Å²) in [6.45, 7) is 17.8. The minimum Gasteiger partial charge on any atom is -0.340 e. The Morgan fingerprint density at radius 3 is 2.23 bits per heavy atom. The standard InChI is InChI=1S/C25H39N3O2S/c1-18(2)17-22(29)27-14-11-26(12-15-27)13-16-28-23(30)19(3)31-24(28)20-7-9-21(10-8-20)25(4,5)6/h7-10,18-19,24H,11-17H2,1-6H3/t19-,24-/m1/s1. The molecule has 0 bridgehead atoms. The van der Waals surface area contributed by atoms with Gasteiger partial charge in [0.05, 0.1) is 5.25 Å². The topological polar surface area (TPSA) is 43.9 Å². The Labute approximate surface area is 192 Å². The Kier molecular flexibility index (Phi) is 7.74. The van der Waals surface area contributed by atoms with Crippen molar-refractivity contribution in [3.8, 4) is 0 Å². The number of benzene rings is 1. The second kappa shape index (κ2) is 9.95. The van der Waals surface area contributed by atoms with Crippen LogP contribution in [0.2, 0.25) is 0 Å². The predicted octanol–water partition coefficient (Wildman–Crippen LogP) is 4.14. The van der Waals surface area contributed by atoms with Crippen LogP contribution >= 0.6 is 11.8 Å². The van der Waals surface area contributed by atoms with Crippen LogP contribution in [-0.4, -0.2) is 71.0 Å². The number of amides is 2. The zero-order valence-electron chi connectivity index (χ0n) is 20.1. The smallest absolute Gasteiger partial charge is 0.236 e. The van der Waals surface area contributed by atoms with Crippen molar-refractivity contribution in [2.45, 2.75) is 64.0 Å². The normalized spacial score (nSPS) is 23.1. The van der Waals surface area contributed by atoms with Crippen molar-refractivity contribution in [2.24, 2.45) is 5.92 Å². The molecule has 2 heterocycles. The monoisotopic (exact) mass is 445 g/mol. The van der Waals surface area contributed by atoms with Gasteiger partial charge in [-0.15, -0.1) is 11.8 Å². The van der Waals surface area contributed by atoms with Gasteiger partial charge in [-0.25, -0.2) is 0 Å². The highest BCUT2D eigenvalue weighted by Crippen LogP contribution is 2.43. The minimum absolute atomic E-state index is 0.00204. The molecule has 2 fully saturated rings. The number of carbonyl (C=O) groups excluding carboxylic acids is 2. The van der Waals surface area contributed by atoms with Gasteiger partial charge in [0.25, 0.3) is 0 Å². The Balaban J connectivity index is 1.57. The number of carbonyl (C=O) groups is 2. The first-order chi connectivity index (χ1) is 14.6. The molecule has 0 radical (unpaired) electrons. The molecule has 0 aliphatic carbocycles. The van der Waals surface area contributed by atoms with E-state index in [9.17, 15) is 9.59 Å². The fourth-order valence-electron chi connectivity index (χ4n) is 4.26. The summed E-state index contributed by atoms with van der Waals surface area (Å²) >= 11 is 1.75. The molecule has 2 aliphatic heterocycles. The first-order valence-corrected chi connectivity index (χ1v) is 12.6. The molecule has 1 aromatic rings. The van der Waals surface area contributed by atoms with E-state index in [4.69, 9.17) is 0 Å². The fourth-order valence-corrected chi connectivity index (χ4v) is 5.57. The molecule has 31 heavy (non-hydrogen) atoms. The molecule has 0 saturated carbocycles. The number of hydrogen-bond donors (Lipinski definition) is 0. The van der Waals surface area contributed by atoms with E-state index >= 15 is 0 Å². The molecule has 0 N–H and O–H groups in total. The molecular weight excluding hydrogens is 406 g/mol. The van der Waals surface area contributed by atoms with E-state index in [1.54, 1.807) is 11.8 Å². The van der Waals surface area contributed by atoms with E-state index in [0.717, 1.165) is 39.3 Å². The van der Waals surface area contributed by atoms with Crippen molar-refractivity contribution in [3.63, 3.8) is 0 Å². The Bertz CT molecular complexity index is 764. The van der Waals surface area contributed by atoms with E-state index in [0.29, 0.717) is 12.3 Å². The molecule has 1 aromatic carbocycles. The lowest BCUT2D eigenvalue weighted by molar-refractivity contribution is -0.133. The summed E-state index contributed by atoms with van der Waals surface area (Å²) in [5.41, 5.74) is 2.65. The molecule has 5 nitrogen and oxygen atoms in total. The summed E-state index contributed by atoms with van der Waals surface area (Å²) < 4.78 is 0. The largest absolute Gasteiger partial charge is 0.340 e. The van der Waals surface area contributed by atoms with Crippen molar-refractivity contribution < 1.29 is 9.59 Å². The van der Waals surface area contributed by atoms with Gasteiger partial charge in [0.1, 0.15) is 5.37 Å². The van der Waals surface area contributed by atoms with Crippen molar-refractivity contribution in [1.29, 1.82) is 0 Å². The van der Waals surface area contributed by atoms with Gasteiger partial charge in [0, 0.05) is 45.7 Å². The Hall–Kier alpha value is -1.53. The van der Waals surface area contributed by atoms with Crippen molar-refractivity contribution >= 4 is 23.6 Å². The van der Waals surface area contributed by atoms with Gasteiger partial charge in [0.15, 0.2) is 0 Å². The van der Waals surface area contributed by atoms with Crippen molar-refractivity contribution in [3.05, 3.63) is 35.4 Å². The van der Waals surface area contributed by atoms with E-state index in [-0.39, 0.29) is 27.9 Å². The lowest BCUT2D eigenvalue weighted by Gasteiger charge is -2.36. The van der Waals surface area contributed by atoms with Crippen LogP contribution in [0.1, 0.15) is 64.5 Å². The molecular formula is C25H39N3O2S. The van der Waals surface area contributed by atoms with Gasteiger partial charge in [-0.2, -0.15) is 0 Å². The average Bonchev–Trinajstić information content (AvgIpc) is 3.00. The third-order valence-corrected chi connectivity index (χ3v) is 7.67. The molecule has 6 heteroatoms. The third-order valence-electron chi connectivity index (χ3n) is 6.27. The average molecular weight is 446 g/mol. The summed E-state index contributed by atoms with van der Waals surface area (Å²) in [6.07, 6.45) is 0.632. The molecule has 2 saturated heterocycles. The molecule has 2 atom stereocenters. The van der Waals surface area contributed by atoms with Crippen LogP contribution in [0.4, 0.5) is 0 Å². The number of nitrogens with zero attached hydrogens (tertiary/aromatic N) is 3. The summed E-state index contributed by atoms with van der Waals surface area (Å²) in [4.78, 5) is 31.6. The minimum atomic E-state index is -0.00204. The number of hydrogen-bond acceptors (Lipinski definition) is 4. The molecule has 3 rings (SSSR count). The zero-order valence-corrected chi connectivity index (χ0v) is 20.9. The number of rotatable bonds is 6. The molecule has 172 valence electrons. The Morgan fingerprint density at radius 2 is 1.68 bits per heavy atom. The second-order valence-electron chi connectivity index (χ2n) is 10.4. The molecule has 2 aliphatic rings. The SMILES string of the molecule is CC(C)CC(=O)N1CCN(CCN2C(=O)[C@@H](C)S[C@@H]2c2ccc(C(C)(C)C)cc2)CC1. The van der Waals surface area contributed by atoms with Crippen LogP contribution in [-0.2, 0) is 15.0 Å². The highest BCUT2D eigenvalue weighted by atomic mass is 32.2. The van der Waals surface area contributed by atoms with Crippen LogP contribution in [0.15, 0.2) is 24.3 Å². The van der Waals surface area contributed by atoms with Crippen LogP contribution in [0.5, 0.6) is 0 Å². The maximum absolute atomic E-state index is 12.9. The highest BCUT2D eigenvalue weighted by Gasteiger charge is 2.38. The van der Waals surface area contributed by atoms with Gasteiger partial charge in [-0.05, 0) is 29.4 Å². The summed E-state index contributed by atoms with van der Waals surface area (Å²) in [5, 5.41) is 0.0863. The van der Waals surface area contributed by atoms with Gasteiger partial charge in [0.2, 0.25) is 11.8 Å². The Morgan fingerprint density at radius 1 is 1.06 bits per heavy atom. The number of thioether (sulfide) groups is 1. The summed E-state index contributed by atoms with van der Waals surface area (Å²) in [6, 6.07) is 8.79. The first kappa shape index (κ1) is 24.1. The quantitative estimate of drug-likeness (QED) is 0.660. The molecule has 0 aromatic heterocycles. The van der Waals surface area contributed by atoms with Gasteiger partial charge in [-0.3, -0.25) is 14.5 Å². The first-order valence-electron chi connectivity index (χ1n) is 11.6. The third kappa shape index (κ3) is 6.04. The summed E-state index contributed by atoms with van der Waals surface area (Å²) in [5.74, 6) is 0.912. The predicted molar refractivity (Wildman–Crippen MR) is 129 cm³/mol. The number of piperazine rings is 1. The summed E-state index contributed by atoms with van der Waals surface area (Å²) in [7, 11) is 0.